The Morgan fingerprint density at radius 3 is 2.65 bits per heavy atom. The molecule has 104 valence electrons. The van der Waals surface area contributed by atoms with Crippen LogP contribution in [0.3, 0.4) is 0 Å². The second-order valence-corrected chi connectivity index (χ2v) is 7.22. The molecule has 3 nitrogen and oxygen atoms in total. The third-order valence-electron chi connectivity index (χ3n) is 2.57. The molecule has 20 heavy (non-hydrogen) atoms. The quantitative estimate of drug-likeness (QED) is 0.365. The first kappa shape index (κ1) is 15.9. The average Bonchev–Trinajstić information content (AvgIpc) is 2.46. The van der Waals surface area contributed by atoms with Crippen molar-refractivity contribution in [2.24, 2.45) is 0 Å². The van der Waals surface area contributed by atoms with E-state index in [4.69, 9.17) is 0 Å². The Bertz CT molecular complexity index is 634. The van der Waals surface area contributed by atoms with Crippen molar-refractivity contribution in [2.75, 3.05) is 11.7 Å². The van der Waals surface area contributed by atoms with E-state index in [1.54, 1.807) is 17.8 Å². The number of halogens is 2. The number of hydrogen-bond donors (Lipinski definition) is 2. The minimum atomic E-state index is -0.143. The van der Waals surface area contributed by atoms with Crippen molar-refractivity contribution < 1.29 is 4.79 Å². The zero-order chi connectivity index (χ0) is 14.5. The molecule has 0 atom stereocenters. The summed E-state index contributed by atoms with van der Waals surface area (Å²) < 4.78 is 2.23. The minimum Gasteiger partial charge on any atom is -0.297 e. The van der Waals surface area contributed by atoms with Crippen LogP contribution in [0.4, 0.5) is 5.69 Å². The number of nitrogens with one attached hydrogen (secondary N) is 2. The Morgan fingerprint density at radius 1 is 1.15 bits per heavy atom. The molecule has 0 bridgehead atoms. The molecule has 0 aliphatic rings. The number of hydrazine groups is 1. The molecule has 0 fully saturated rings. The van der Waals surface area contributed by atoms with E-state index in [-0.39, 0.29) is 5.91 Å². The monoisotopic (exact) mass is 510 g/mol. The van der Waals surface area contributed by atoms with E-state index in [2.05, 4.69) is 56.0 Å². The van der Waals surface area contributed by atoms with Crippen molar-refractivity contribution in [2.45, 2.75) is 4.90 Å². The third-order valence-corrected chi connectivity index (χ3v) is 4.86. The lowest BCUT2D eigenvalue weighted by Crippen LogP contribution is -2.29. The summed E-state index contributed by atoms with van der Waals surface area (Å²) in [6, 6.07) is 13.5. The van der Waals surface area contributed by atoms with Crippen LogP contribution in [-0.2, 0) is 0 Å². The van der Waals surface area contributed by atoms with Crippen LogP contribution in [0.5, 0.6) is 0 Å². The lowest BCUT2D eigenvalue weighted by molar-refractivity contribution is 0.0962. The molecule has 0 saturated carbocycles. The molecule has 0 aromatic heterocycles. The minimum absolute atomic E-state index is 0.143. The molecule has 0 unspecified atom stereocenters. The van der Waals surface area contributed by atoms with Crippen LogP contribution in [0.1, 0.15) is 10.4 Å². The fraction of sp³-hybridized carbons (Fsp3) is 0.0714. The van der Waals surface area contributed by atoms with Gasteiger partial charge in [0.1, 0.15) is 0 Å². The molecule has 0 aliphatic carbocycles. The maximum absolute atomic E-state index is 12.1. The molecule has 0 saturated heterocycles. The van der Waals surface area contributed by atoms with Gasteiger partial charge < -0.3 is 0 Å². The zero-order valence-electron chi connectivity index (χ0n) is 10.6. The number of carbonyl (C=O) groups excluding carboxylic acids is 1. The van der Waals surface area contributed by atoms with Crippen LogP contribution in [0.2, 0.25) is 0 Å². The van der Waals surface area contributed by atoms with Crippen molar-refractivity contribution in [3.05, 3.63) is 55.2 Å². The highest BCUT2D eigenvalue weighted by Gasteiger charge is 2.06. The van der Waals surface area contributed by atoms with Gasteiger partial charge in [0.15, 0.2) is 0 Å². The predicted octanol–water partition coefficient (Wildman–Crippen LogP) is 4.37. The summed E-state index contributed by atoms with van der Waals surface area (Å²) in [5.74, 6) is -0.143. The molecule has 0 heterocycles. The fourth-order valence-electron chi connectivity index (χ4n) is 1.55. The van der Waals surface area contributed by atoms with Gasteiger partial charge in [-0.2, -0.15) is 0 Å². The summed E-state index contributed by atoms with van der Waals surface area (Å²) in [5, 5.41) is 0. The molecule has 0 aliphatic heterocycles. The topological polar surface area (TPSA) is 41.1 Å². The Hall–Kier alpha value is -0.480. The highest BCUT2D eigenvalue weighted by atomic mass is 127. The van der Waals surface area contributed by atoms with Crippen LogP contribution >= 0.6 is 56.9 Å². The SMILES string of the molecule is CSc1cccc(C(=O)NNc2ccc(I)cc2I)c1. The number of thioether (sulfide) groups is 1. The molecular formula is C14H12I2N2OS. The highest BCUT2D eigenvalue weighted by Crippen LogP contribution is 2.20. The van der Waals surface area contributed by atoms with E-state index in [0.29, 0.717) is 5.56 Å². The van der Waals surface area contributed by atoms with Gasteiger partial charge in [0.05, 0.1) is 5.69 Å². The maximum atomic E-state index is 12.1. The molecule has 1 amide bonds. The van der Waals surface area contributed by atoms with Gasteiger partial charge in [-0.1, -0.05) is 6.07 Å². The maximum Gasteiger partial charge on any atom is 0.269 e. The molecular weight excluding hydrogens is 498 g/mol. The van der Waals surface area contributed by atoms with Crippen LogP contribution in [-0.4, -0.2) is 12.2 Å². The smallest absolute Gasteiger partial charge is 0.269 e. The highest BCUT2D eigenvalue weighted by molar-refractivity contribution is 14.1. The van der Waals surface area contributed by atoms with Gasteiger partial charge in [0.25, 0.3) is 5.91 Å². The molecule has 2 N–H and O–H groups in total. The van der Waals surface area contributed by atoms with E-state index >= 15 is 0 Å². The number of rotatable bonds is 4. The second-order valence-electron chi connectivity index (χ2n) is 3.94. The van der Waals surface area contributed by atoms with Gasteiger partial charge >= 0.3 is 0 Å². The summed E-state index contributed by atoms with van der Waals surface area (Å²) in [4.78, 5) is 13.1. The Morgan fingerprint density at radius 2 is 1.95 bits per heavy atom. The van der Waals surface area contributed by atoms with Crippen LogP contribution in [0.15, 0.2) is 47.4 Å². The summed E-state index contributed by atoms with van der Waals surface area (Å²) in [7, 11) is 0. The van der Waals surface area contributed by atoms with Gasteiger partial charge in [0.2, 0.25) is 0 Å². The van der Waals surface area contributed by atoms with Gasteiger partial charge in [-0.15, -0.1) is 11.8 Å². The molecule has 6 heteroatoms. The summed E-state index contributed by atoms with van der Waals surface area (Å²) in [6.45, 7) is 0. The average molecular weight is 510 g/mol. The van der Waals surface area contributed by atoms with Gasteiger partial charge in [-0.3, -0.25) is 15.6 Å². The third kappa shape index (κ3) is 4.26. The zero-order valence-corrected chi connectivity index (χ0v) is 15.7. The lowest BCUT2D eigenvalue weighted by atomic mass is 10.2. The van der Waals surface area contributed by atoms with Crippen LogP contribution in [0.25, 0.3) is 0 Å². The number of anilines is 1. The van der Waals surface area contributed by atoms with Crippen molar-refractivity contribution in [3.8, 4) is 0 Å². The Balaban J connectivity index is 2.04. The Kier molecular flexibility index (Phi) is 5.97. The van der Waals surface area contributed by atoms with E-state index < -0.39 is 0 Å². The van der Waals surface area contributed by atoms with Gasteiger partial charge in [-0.05, 0) is 87.8 Å². The number of benzene rings is 2. The molecule has 2 aromatic rings. The first-order valence-electron chi connectivity index (χ1n) is 5.75. The largest absolute Gasteiger partial charge is 0.297 e. The molecule has 0 radical (unpaired) electrons. The first-order valence-corrected chi connectivity index (χ1v) is 9.14. The molecule has 2 aromatic carbocycles. The van der Waals surface area contributed by atoms with Crippen molar-refractivity contribution in [1.82, 2.24) is 5.43 Å². The van der Waals surface area contributed by atoms with Gasteiger partial charge in [-0.25, -0.2) is 0 Å². The normalized spacial score (nSPS) is 10.2. The van der Waals surface area contributed by atoms with E-state index in [9.17, 15) is 4.79 Å². The summed E-state index contributed by atoms with van der Waals surface area (Å²) >= 11 is 6.11. The Labute approximate surface area is 149 Å². The van der Waals surface area contributed by atoms with E-state index in [1.165, 1.54) is 0 Å². The molecule has 0 spiro atoms. The number of hydrogen-bond acceptors (Lipinski definition) is 3. The van der Waals surface area contributed by atoms with Gasteiger partial charge in [0, 0.05) is 17.6 Å². The van der Waals surface area contributed by atoms with Crippen LogP contribution < -0.4 is 10.9 Å². The summed E-state index contributed by atoms with van der Waals surface area (Å²) in [5.41, 5.74) is 7.21. The van der Waals surface area contributed by atoms with Crippen molar-refractivity contribution in [3.63, 3.8) is 0 Å². The standard InChI is InChI=1S/C14H12I2N2OS/c1-20-11-4-2-3-9(7-11)14(19)18-17-13-6-5-10(15)8-12(13)16/h2-8,17H,1H3,(H,18,19). The fourth-order valence-corrected chi connectivity index (χ4v) is 3.75. The number of carbonyl (C=O) groups is 1. The van der Waals surface area contributed by atoms with Crippen molar-refractivity contribution >= 4 is 68.5 Å². The van der Waals surface area contributed by atoms with Crippen molar-refractivity contribution in [1.29, 1.82) is 0 Å². The lowest BCUT2D eigenvalue weighted by Gasteiger charge is -2.11. The number of amides is 1. The summed E-state index contributed by atoms with van der Waals surface area (Å²) in [6.07, 6.45) is 1.99. The van der Waals surface area contributed by atoms with E-state index in [0.717, 1.165) is 17.7 Å². The first-order chi connectivity index (χ1) is 9.60. The van der Waals surface area contributed by atoms with Crippen LogP contribution in [0, 0.1) is 7.14 Å². The second kappa shape index (κ2) is 7.51. The van der Waals surface area contributed by atoms with E-state index in [1.807, 2.05) is 42.7 Å². The predicted molar refractivity (Wildman–Crippen MR) is 101 cm³/mol. The molecule has 2 rings (SSSR count).